The van der Waals surface area contributed by atoms with Crippen LogP contribution in [-0.4, -0.2) is 23.2 Å². The lowest BCUT2D eigenvalue weighted by Gasteiger charge is -2.35. The molecule has 110 valence electrons. The second-order valence-corrected chi connectivity index (χ2v) is 8.00. The number of hydrogen-bond donors (Lipinski definition) is 2. The molecule has 3 nitrogen and oxygen atoms in total. The van der Waals surface area contributed by atoms with Crippen LogP contribution in [0.5, 0.6) is 0 Å². The van der Waals surface area contributed by atoms with E-state index in [1.54, 1.807) is 0 Å². The molecule has 0 bridgehead atoms. The van der Waals surface area contributed by atoms with Crippen molar-refractivity contribution in [1.29, 1.82) is 0 Å². The van der Waals surface area contributed by atoms with E-state index >= 15 is 0 Å². The fraction of sp³-hybridized carbons (Fsp3) is 0.938. The molecule has 0 spiro atoms. The fourth-order valence-corrected chi connectivity index (χ4v) is 3.68. The van der Waals surface area contributed by atoms with Gasteiger partial charge in [-0.3, -0.25) is 4.79 Å². The Hall–Kier alpha value is -0.570. The molecule has 2 fully saturated rings. The molecule has 0 aliphatic heterocycles. The number of amides is 1. The molecule has 1 amide bonds. The molecule has 0 aromatic rings. The van der Waals surface area contributed by atoms with Gasteiger partial charge in [-0.15, -0.1) is 0 Å². The molecular weight excluding hydrogens is 238 g/mol. The number of hydrogen-bond acceptors (Lipinski definition) is 2. The molecule has 2 rings (SSSR count). The third-order valence-corrected chi connectivity index (χ3v) is 6.08. The molecule has 0 aromatic carbocycles. The van der Waals surface area contributed by atoms with E-state index in [4.69, 9.17) is 0 Å². The van der Waals surface area contributed by atoms with Crippen LogP contribution < -0.4 is 5.32 Å². The maximum Gasteiger partial charge on any atom is 0.224 e. The Morgan fingerprint density at radius 2 is 1.63 bits per heavy atom. The first kappa shape index (κ1) is 14.8. The maximum atomic E-state index is 12.3. The molecule has 0 unspecified atom stereocenters. The van der Waals surface area contributed by atoms with E-state index in [0.717, 1.165) is 25.7 Å². The van der Waals surface area contributed by atoms with E-state index in [9.17, 15) is 9.90 Å². The summed E-state index contributed by atoms with van der Waals surface area (Å²) in [5.74, 6) is 0.894. The highest BCUT2D eigenvalue weighted by atomic mass is 16.3. The van der Waals surface area contributed by atoms with Crippen molar-refractivity contribution in [2.75, 3.05) is 6.54 Å². The van der Waals surface area contributed by atoms with Gasteiger partial charge in [0.25, 0.3) is 0 Å². The normalized spacial score (nSPS) is 36.8. The van der Waals surface area contributed by atoms with Gasteiger partial charge in [-0.2, -0.15) is 0 Å². The predicted octanol–water partition coefficient (Wildman–Crippen LogP) is 2.73. The predicted molar refractivity (Wildman–Crippen MR) is 76.6 cm³/mol. The zero-order chi connectivity index (χ0) is 14.5. The van der Waals surface area contributed by atoms with Gasteiger partial charge >= 0.3 is 0 Å². The van der Waals surface area contributed by atoms with Gasteiger partial charge in [-0.25, -0.2) is 0 Å². The Labute approximate surface area is 117 Å². The minimum absolute atomic E-state index is 0.0702. The van der Waals surface area contributed by atoms with Crippen LogP contribution in [0.4, 0.5) is 0 Å². The van der Waals surface area contributed by atoms with Crippen molar-refractivity contribution in [3.8, 4) is 0 Å². The first-order valence-corrected chi connectivity index (χ1v) is 7.60. The molecule has 2 aliphatic rings. The summed E-state index contributed by atoms with van der Waals surface area (Å²) in [5, 5.41) is 13.5. The molecule has 0 heterocycles. The van der Waals surface area contributed by atoms with Crippen LogP contribution in [0.2, 0.25) is 0 Å². The minimum Gasteiger partial charge on any atom is -0.388 e. The molecule has 0 radical (unpaired) electrons. The minimum atomic E-state index is -0.675. The molecule has 0 atom stereocenters. The van der Waals surface area contributed by atoms with Crippen LogP contribution >= 0.6 is 0 Å². The van der Waals surface area contributed by atoms with E-state index in [-0.39, 0.29) is 22.7 Å². The number of carbonyl (C=O) groups excluding carboxylic acids is 1. The van der Waals surface area contributed by atoms with Crippen LogP contribution in [0.3, 0.4) is 0 Å². The Kier molecular flexibility index (Phi) is 3.49. The molecule has 0 aromatic heterocycles. The first-order valence-electron chi connectivity index (χ1n) is 7.60. The Bertz CT molecular complexity index is 351. The zero-order valence-corrected chi connectivity index (χ0v) is 13.0. The number of aliphatic hydroxyl groups is 1. The van der Waals surface area contributed by atoms with Gasteiger partial charge in [0.1, 0.15) is 0 Å². The van der Waals surface area contributed by atoms with Crippen molar-refractivity contribution >= 4 is 5.91 Å². The highest BCUT2D eigenvalue weighted by Crippen LogP contribution is 2.68. The van der Waals surface area contributed by atoms with Crippen molar-refractivity contribution in [1.82, 2.24) is 5.32 Å². The molecular formula is C16H29NO2. The third kappa shape index (κ3) is 2.54. The van der Waals surface area contributed by atoms with Crippen molar-refractivity contribution in [3.05, 3.63) is 0 Å². The average Bonchev–Trinajstić information content (AvgIpc) is 2.71. The van der Waals surface area contributed by atoms with E-state index in [2.05, 4.69) is 39.9 Å². The molecule has 19 heavy (non-hydrogen) atoms. The Balaban J connectivity index is 1.85. The third-order valence-electron chi connectivity index (χ3n) is 6.08. The van der Waals surface area contributed by atoms with E-state index in [1.807, 2.05) is 0 Å². The van der Waals surface area contributed by atoms with E-state index in [0.29, 0.717) is 12.5 Å². The van der Waals surface area contributed by atoms with Gasteiger partial charge in [-0.1, -0.05) is 34.6 Å². The summed E-state index contributed by atoms with van der Waals surface area (Å²) >= 11 is 0. The number of rotatable bonds is 3. The van der Waals surface area contributed by atoms with Crippen molar-refractivity contribution in [3.63, 3.8) is 0 Å². The molecule has 2 aliphatic carbocycles. The monoisotopic (exact) mass is 267 g/mol. The quantitative estimate of drug-likeness (QED) is 0.826. The van der Waals surface area contributed by atoms with Crippen LogP contribution in [0.1, 0.15) is 60.3 Å². The Morgan fingerprint density at radius 1 is 1.16 bits per heavy atom. The van der Waals surface area contributed by atoms with Crippen LogP contribution in [0, 0.1) is 22.7 Å². The summed E-state index contributed by atoms with van der Waals surface area (Å²) in [4.78, 5) is 12.3. The highest BCUT2D eigenvalue weighted by Gasteiger charge is 2.68. The summed E-state index contributed by atoms with van der Waals surface area (Å²) in [6, 6.07) is 0. The summed E-state index contributed by atoms with van der Waals surface area (Å²) in [5.41, 5.74) is -0.535. The lowest BCUT2D eigenvalue weighted by Crippen LogP contribution is -2.46. The van der Waals surface area contributed by atoms with Gasteiger partial charge in [0.15, 0.2) is 0 Å². The van der Waals surface area contributed by atoms with Gasteiger partial charge in [0, 0.05) is 12.5 Å². The maximum absolute atomic E-state index is 12.3. The summed E-state index contributed by atoms with van der Waals surface area (Å²) in [6.45, 7) is 11.2. The second kappa shape index (κ2) is 4.47. The summed E-state index contributed by atoms with van der Waals surface area (Å²) in [7, 11) is 0. The summed E-state index contributed by atoms with van der Waals surface area (Å²) < 4.78 is 0. The van der Waals surface area contributed by atoms with Crippen LogP contribution in [0.25, 0.3) is 0 Å². The summed E-state index contributed by atoms with van der Waals surface area (Å²) in [6.07, 6.45) is 3.75. The van der Waals surface area contributed by atoms with Gasteiger partial charge in [0.05, 0.1) is 5.60 Å². The smallest absolute Gasteiger partial charge is 0.224 e. The second-order valence-electron chi connectivity index (χ2n) is 8.00. The number of carbonyl (C=O) groups is 1. The zero-order valence-electron chi connectivity index (χ0n) is 13.0. The average molecular weight is 267 g/mol. The topological polar surface area (TPSA) is 49.3 Å². The van der Waals surface area contributed by atoms with Gasteiger partial charge in [0.2, 0.25) is 5.91 Å². The SMILES string of the molecule is CC1CCC(O)(CNC(=O)C2C(C)(C)C2(C)C)CC1. The lowest BCUT2D eigenvalue weighted by molar-refractivity contribution is -0.125. The Morgan fingerprint density at radius 3 is 2.05 bits per heavy atom. The lowest BCUT2D eigenvalue weighted by atomic mass is 9.79. The van der Waals surface area contributed by atoms with E-state index in [1.165, 1.54) is 0 Å². The molecule has 0 saturated heterocycles. The van der Waals surface area contributed by atoms with Crippen molar-refractivity contribution in [2.24, 2.45) is 22.7 Å². The fourth-order valence-electron chi connectivity index (χ4n) is 3.68. The van der Waals surface area contributed by atoms with Crippen LogP contribution in [0.15, 0.2) is 0 Å². The first-order chi connectivity index (χ1) is 8.60. The number of nitrogens with one attached hydrogen (secondary N) is 1. The van der Waals surface area contributed by atoms with Gasteiger partial charge in [-0.05, 0) is 42.4 Å². The highest BCUT2D eigenvalue weighted by molar-refractivity contribution is 5.84. The van der Waals surface area contributed by atoms with Crippen molar-refractivity contribution in [2.45, 2.75) is 65.9 Å². The van der Waals surface area contributed by atoms with E-state index < -0.39 is 5.60 Å². The van der Waals surface area contributed by atoms with Crippen molar-refractivity contribution < 1.29 is 9.90 Å². The molecule has 2 N–H and O–H groups in total. The molecule has 2 saturated carbocycles. The van der Waals surface area contributed by atoms with Gasteiger partial charge < -0.3 is 10.4 Å². The largest absolute Gasteiger partial charge is 0.388 e. The van der Waals surface area contributed by atoms with Crippen LogP contribution in [-0.2, 0) is 4.79 Å². The standard InChI is InChI=1S/C16H29NO2/c1-11-6-8-16(19,9-7-11)10-17-13(18)12-14(2,3)15(12,4)5/h11-12,19H,6-10H2,1-5H3,(H,17,18). The molecule has 3 heteroatoms.